The fraction of sp³-hybridized carbons (Fsp3) is 0.500. The number of hydrogen-bond acceptors (Lipinski definition) is 4. The van der Waals surface area contributed by atoms with Crippen LogP contribution in [0.2, 0.25) is 0 Å². The van der Waals surface area contributed by atoms with Gasteiger partial charge in [0.05, 0.1) is 5.75 Å². The number of rotatable bonds is 7. The molecule has 0 fully saturated rings. The van der Waals surface area contributed by atoms with Crippen molar-refractivity contribution in [1.82, 2.24) is 4.72 Å². The van der Waals surface area contributed by atoms with E-state index in [9.17, 15) is 12.6 Å². The van der Waals surface area contributed by atoms with Crippen molar-refractivity contribution in [3.8, 4) is 0 Å². The van der Waals surface area contributed by atoms with Gasteiger partial charge in [-0.1, -0.05) is 19.1 Å². The Balaban J connectivity index is 2.48. The molecule has 0 aliphatic carbocycles. The van der Waals surface area contributed by atoms with Gasteiger partial charge in [0.15, 0.2) is 0 Å². The highest BCUT2D eigenvalue weighted by molar-refractivity contribution is 7.88. The van der Waals surface area contributed by atoms with Gasteiger partial charge in [-0.15, -0.1) is 0 Å². The van der Waals surface area contributed by atoms with E-state index < -0.39 is 20.8 Å². The minimum absolute atomic E-state index is 0.0146. The Morgan fingerprint density at radius 1 is 1.32 bits per heavy atom. The Morgan fingerprint density at radius 3 is 2.42 bits per heavy atom. The third-order valence-corrected chi connectivity index (χ3v) is 5.50. The molecule has 0 aliphatic heterocycles. The third kappa shape index (κ3) is 6.17. The van der Waals surface area contributed by atoms with Crippen LogP contribution in [0, 0.1) is 0 Å². The second-order valence-corrected chi connectivity index (χ2v) is 8.10. The molecule has 1 rings (SSSR count). The second kappa shape index (κ2) is 7.02. The molecule has 19 heavy (non-hydrogen) atoms. The van der Waals surface area contributed by atoms with Gasteiger partial charge in [-0.2, -0.15) is 0 Å². The molecular weight excluding hydrogens is 284 g/mol. The summed E-state index contributed by atoms with van der Waals surface area (Å²) in [6, 6.07) is 6.73. The van der Waals surface area contributed by atoms with Gasteiger partial charge in [0.1, 0.15) is 0 Å². The number of benzene rings is 1. The molecule has 0 heterocycles. The van der Waals surface area contributed by atoms with Crippen LogP contribution in [0.1, 0.15) is 18.9 Å². The van der Waals surface area contributed by atoms with Crippen molar-refractivity contribution in [2.45, 2.75) is 24.3 Å². The van der Waals surface area contributed by atoms with Gasteiger partial charge in [0, 0.05) is 34.5 Å². The fourth-order valence-corrected chi connectivity index (χ4v) is 3.08. The molecule has 7 heteroatoms. The molecule has 0 saturated carbocycles. The Kier molecular flexibility index (Phi) is 5.96. The zero-order valence-electron chi connectivity index (χ0n) is 11.1. The third-order valence-electron chi connectivity index (χ3n) is 2.78. The normalized spacial score (nSPS) is 15.1. The molecule has 0 aromatic heterocycles. The molecule has 0 bridgehead atoms. The first-order valence-electron chi connectivity index (χ1n) is 5.94. The highest BCUT2D eigenvalue weighted by Crippen LogP contribution is 2.08. The van der Waals surface area contributed by atoms with Crippen LogP contribution in [0.15, 0.2) is 24.3 Å². The highest BCUT2D eigenvalue weighted by Gasteiger charge is 2.12. The van der Waals surface area contributed by atoms with Crippen molar-refractivity contribution in [2.75, 3.05) is 18.5 Å². The fourth-order valence-electron chi connectivity index (χ4n) is 1.47. The van der Waals surface area contributed by atoms with Crippen molar-refractivity contribution in [3.05, 3.63) is 29.8 Å². The van der Waals surface area contributed by atoms with E-state index in [1.54, 1.807) is 30.5 Å². The monoisotopic (exact) mass is 304 g/mol. The van der Waals surface area contributed by atoms with E-state index in [-0.39, 0.29) is 11.0 Å². The minimum Gasteiger partial charge on any atom is -0.399 e. The predicted octanol–water partition coefficient (Wildman–Crippen LogP) is 0.845. The molecule has 0 radical (unpaired) electrons. The Labute approximate surface area is 117 Å². The van der Waals surface area contributed by atoms with Crippen LogP contribution in [-0.4, -0.2) is 30.7 Å². The van der Waals surface area contributed by atoms with Gasteiger partial charge in [0.2, 0.25) is 10.0 Å². The average Bonchev–Trinajstić information content (AvgIpc) is 2.31. The molecule has 0 aliphatic rings. The van der Waals surface area contributed by atoms with Gasteiger partial charge in [-0.3, -0.25) is 4.21 Å². The lowest BCUT2D eigenvalue weighted by molar-refractivity contribution is 0.577. The van der Waals surface area contributed by atoms with Gasteiger partial charge in [-0.05, 0) is 24.1 Å². The summed E-state index contributed by atoms with van der Waals surface area (Å²) in [6.07, 6.45) is 2.18. The van der Waals surface area contributed by atoms with E-state index in [2.05, 4.69) is 4.72 Å². The Morgan fingerprint density at radius 2 is 1.89 bits per heavy atom. The maximum Gasteiger partial charge on any atom is 0.215 e. The van der Waals surface area contributed by atoms with Crippen molar-refractivity contribution in [1.29, 1.82) is 0 Å². The van der Waals surface area contributed by atoms with Crippen LogP contribution in [0.4, 0.5) is 5.69 Å². The summed E-state index contributed by atoms with van der Waals surface area (Å²) in [5, 5.41) is -0.0146. The van der Waals surface area contributed by atoms with Gasteiger partial charge >= 0.3 is 0 Å². The largest absolute Gasteiger partial charge is 0.399 e. The second-order valence-electron chi connectivity index (χ2n) is 4.49. The molecule has 0 saturated heterocycles. The molecule has 5 nitrogen and oxygen atoms in total. The molecule has 2 unspecified atom stereocenters. The lowest BCUT2D eigenvalue weighted by atomic mass is 10.2. The van der Waals surface area contributed by atoms with E-state index in [0.717, 1.165) is 0 Å². The number of anilines is 1. The summed E-state index contributed by atoms with van der Waals surface area (Å²) in [6.45, 7) is 2.14. The van der Waals surface area contributed by atoms with Crippen LogP contribution in [0.25, 0.3) is 0 Å². The van der Waals surface area contributed by atoms with Crippen LogP contribution in [0.3, 0.4) is 0 Å². The highest BCUT2D eigenvalue weighted by atomic mass is 32.2. The SMILES string of the molecule is CC(CCNS(=O)(=O)Cc1ccc(N)cc1)S(C)=O. The average molecular weight is 304 g/mol. The zero-order valence-corrected chi connectivity index (χ0v) is 12.8. The summed E-state index contributed by atoms with van der Waals surface area (Å²) in [7, 11) is -4.29. The van der Waals surface area contributed by atoms with Crippen molar-refractivity contribution < 1.29 is 12.6 Å². The van der Waals surface area contributed by atoms with Crippen LogP contribution in [-0.2, 0) is 26.6 Å². The molecule has 1 aromatic rings. The lowest BCUT2D eigenvalue weighted by Crippen LogP contribution is -2.28. The first kappa shape index (κ1) is 16.1. The predicted molar refractivity (Wildman–Crippen MR) is 79.6 cm³/mol. The maximum atomic E-state index is 11.8. The number of nitrogens with two attached hydrogens (primary N) is 1. The molecule has 1 aromatic carbocycles. The lowest BCUT2D eigenvalue weighted by Gasteiger charge is -2.10. The molecule has 2 atom stereocenters. The van der Waals surface area contributed by atoms with E-state index >= 15 is 0 Å². The molecular formula is C12H20N2O3S2. The summed E-state index contributed by atoms with van der Waals surface area (Å²) in [5.41, 5.74) is 6.83. The van der Waals surface area contributed by atoms with Crippen LogP contribution < -0.4 is 10.5 Å². The van der Waals surface area contributed by atoms with E-state index in [4.69, 9.17) is 5.73 Å². The number of nitrogen functional groups attached to an aromatic ring is 1. The topological polar surface area (TPSA) is 89.3 Å². The summed E-state index contributed by atoms with van der Waals surface area (Å²) in [5.74, 6) is -0.0725. The van der Waals surface area contributed by atoms with Crippen molar-refractivity contribution in [2.24, 2.45) is 0 Å². The smallest absolute Gasteiger partial charge is 0.215 e. The quantitative estimate of drug-likeness (QED) is 0.731. The van der Waals surface area contributed by atoms with E-state index in [1.165, 1.54) is 0 Å². The van der Waals surface area contributed by atoms with E-state index in [1.807, 2.05) is 6.92 Å². The molecule has 108 valence electrons. The standard InChI is InChI=1S/C12H20N2O3S2/c1-10(18(2)15)7-8-14-19(16,17)9-11-3-5-12(13)6-4-11/h3-6,10,14H,7-9,13H2,1-2H3. The van der Waals surface area contributed by atoms with Gasteiger partial charge in [0.25, 0.3) is 0 Å². The Hall–Kier alpha value is -0.920. The van der Waals surface area contributed by atoms with Crippen LogP contribution in [0.5, 0.6) is 0 Å². The zero-order chi connectivity index (χ0) is 14.5. The molecule has 3 N–H and O–H groups in total. The number of hydrogen-bond donors (Lipinski definition) is 2. The van der Waals surface area contributed by atoms with Crippen molar-refractivity contribution in [3.63, 3.8) is 0 Å². The molecule has 0 amide bonds. The minimum atomic E-state index is -3.36. The van der Waals surface area contributed by atoms with E-state index in [0.29, 0.717) is 24.2 Å². The summed E-state index contributed by atoms with van der Waals surface area (Å²) < 4.78 is 37.3. The van der Waals surface area contributed by atoms with Gasteiger partial charge < -0.3 is 5.73 Å². The Bertz CT molecular complexity index is 526. The molecule has 0 spiro atoms. The summed E-state index contributed by atoms with van der Waals surface area (Å²) >= 11 is 0. The first-order chi connectivity index (χ1) is 8.80. The number of nitrogens with one attached hydrogen (secondary N) is 1. The number of sulfonamides is 1. The maximum absolute atomic E-state index is 11.8. The van der Waals surface area contributed by atoms with Crippen LogP contribution >= 0.6 is 0 Å². The summed E-state index contributed by atoms with van der Waals surface area (Å²) in [4.78, 5) is 0. The van der Waals surface area contributed by atoms with Gasteiger partial charge in [-0.25, -0.2) is 13.1 Å². The van der Waals surface area contributed by atoms with Crippen molar-refractivity contribution >= 4 is 26.5 Å². The first-order valence-corrected chi connectivity index (χ1v) is 9.21.